The second-order valence-corrected chi connectivity index (χ2v) is 7.90. The summed E-state index contributed by atoms with van der Waals surface area (Å²) in [4.78, 5) is 22.1. The molecule has 0 fully saturated rings. The van der Waals surface area contributed by atoms with Gasteiger partial charge in [-0.2, -0.15) is 0 Å². The molecule has 7 heteroatoms. The Bertz CT molecular complexity index is 844. The van der Waals surface area contributed by atoms with Crippen molar-refractivity contribution in [2.75, 3.05) is 32.1 Å². The van der Waals surface area contributed by atoms with E-state index in [0.717, 1.165) is 24.2 Å². The average Bonchev–Trinajstić information content (AvgIpc) is 3.30. The van der Waals surface area contributed by atoms with Crippen molar-refractivity contribution in [3.05, 3.63) is 57.9 Å². The number of carbonyl (C=O) groups is 1. The zero-order valence-electron chi connectivity index (χ0n) is 14.7. The number of hydrogen-bond acceptors (Lipinski definition) is 5. The van der Waals surface area contributed by atoms with Crippen LogP contribution in [-0.2, 0) is 0 Å². The highest BCUT2D eigenvalue weighted by molar-refractivity contribution is 7.14. The van der Waals surface area contributed by atoms with Crippen molar-refractivity contribution in [1.29, 1.82) is 0 Å². The second kappa shape index (κ2) is 8.53. The van der Waals surface area contributed by atoms with E-state index in [4.69, 9.17) is 0 Å². The summed E-state index contributed by atoms with van der Waals surface area (Å²) in [7, 11) is 4.03. The summed E-state index contributed by atoms with van der Waals surface area (Å²) >= 11 is 2.86. The molecule has 0 saturated heterocycles. The molecule has 1 aromatic carbocycles. The van der Waals surface area contributed by atoms with Crippen LogP contribution in [-0.4, -0.2) is 43.0 Å². The topological polar surface area (TPSA) is 36.4 Å². The molecule has 2 heterocycles. The first kappa shape index (κ1) is 18.7. The minimum absolute atomic E-state index is 0.0289. The zero-order chi connectivity index (χ0) is 18.5. The lowest BCUT2D eigenvalue weighted by Crippen LogP contribution is -2.33. The van der Waals surface area contributed by atoms with E-state index in [1.807, 2.05) is 37.0 Å². The van der Waals surface area contributed by atoms with Gasteiger partial charge in [0.15, 0.2) is 5.13 Å². The van der Waals surface area contributed by atoms with E-state index in [1.54, 1.807) is 17.0 Å². The number of halogens is 1. The number of amides is 1. The molecule has 4 nitrogen and oxygen atoms in total. The van der Waals surface area contributed by atoms with Crippen molar-refractivity contribution in [3.8, 4) is 11.3 Å². The Morgan fingerprint density at radius 1 is 1.12 bits per heavy atom. The van der Waals surface area contributed by atoms with Crippen LogP contribution in [0.25, 0.3) is 11.3 Å². The molecule has 0 saturated carbocycles. The van der Waals surface area contributed by atoms with Gasteiger partial charge in [0, 0.05) is 17.5 Å². The fourth-order valence-corrected chi connectivity index (χ4v) is 4.03. The van der Waals surface area contributed by atoms with Crippen LogP contribution in [0.5, 0.6) is 0 Å². The first-order chi connectivity index (χ1) is 12.5. The summed E-state index contributed by atoms with van der Waals surface area (Å²) in [5.41, 5.74) is 1.59. The van der Waals surface area contributed by atoms with Gasteiger partial charge in [0.25, 0.3) is 5.91 Å². The van der Waals surface area contributed by atoms with Crippen molar-refractivity contribution in [2.45, 2.75) is 6.42 Å². The van der Waals surface area contributed by atoms with Gasteiger partial charge in [-0.15, -0.1) is 22.7 Å². The van der Waals surface area contributed by atoms with Gasteiger partial charge in [-0.05, 0) is 62.8 Å². The van der Waals surface area contributed by atoms with Gasteiger partial charge in [-0.25, -0.2) is 9.37 Å². The van der Waals surface area contributed by atoms with Gasteiger partial charge in [-0.3, -0.25) is 9.69 Å². The quantitative estimate of drug-likeness (QED) is 0.592. The van der Waals surface area contributed by atoms with Crippen LogP contribution in [0, 0.1) is 5.82 Å². The summed E-state index contributed by atoms with van der Waals surface area (Å²) in [6.45, 7) is 1.50. The number of carbonyl (C=O) groups excluding carboxylic acids is 1. The molecule has 0 spiro atoms. The van der Waals surface area contributed by atoms with Crippen molar-refractivity contribution in [1.82, 2.24) is 9.88 Å². The molecule has 0 radical (unpaired) electrons. The number of aromatic nitrogens is 1. The monoisotopic (exact) mass is 389 g/mol. The van der Waals surface area contributed by atoms with Crippen LogP contribution in [0.15, 0.2) is 47.2 Å². The Morgan fingerprint density at radius 3 is 2.54 bits per heavy atom. The molecule has 136 valence electrons. The predicted molar refractivity (Wildman–Crippen MR) is 107 cm³/mol. The Labute approximate surface area is 160 Å². The third kappa shape index (κ3) is 4.55. The maximum atomic E-state index is 13.1. The smallest absolute Gasteiger partial charge is 0.270 e. The van der Waals surface area contributed by atoms with Gasteiger partial charge >= 0.3 is 0 Å². The average molecular weight is 390 g/mol. The van der Waals surface area contributed by atoms with Crippen LogP contribution in [0.3, 0.4) is 0 Å². The highest BCUT2D eigenvalue weighted by Crippen LogP contribution is 2.29. The third-order valence-corrected chi connectivity index (χ3v) is 5.55. The van der Waals surface area contributed by atoms with E-state index < -0.39 is 0 Å². The number of nitrogens with zero attached hydrogens (tertiary/aromatic N) is 3. The molecular weight excluding hydrogens is 369 g/mol. The molecule has 0 bridgehead atoms. The number of thiophene rings is 1. The van der Waals surface area contributed by atoms with Crippen LogP contribution in [0.1, 0.15) is 16.1 Å². The van der Waals surface area contributed by atoms with Crippen molar-refractivity contribution >= 4 is 33.7 Å². The molecule has 2 aromatic heterocycles. The Kier molecular flexibility index (Phi) is 6.13. The summed E-state index contributed by atoms with van der Waals surface area (Å²) in [5.74, 6) is -0.304. The summed E-state index contributed by atoms with van der Waals surface area (Å²) < 4.78 is 13.1. The Balaban J connectivity index is 1.84. The first-order valence-corrected chi connectivity index (χ1v) is 10.0. The molecule has 0 aliphatic heterocycles. The molecule has 0 N–H and O–H groups in total. The van der Waals surface area contributed by atoms with E-state index in [1.165, 1.54) is 34.8 Å². The fourth-order valence-electron chi connectivity index (χ4n) is 2.50. The lowest BCUT2D eigenvalue weighted by atomic mass is 10.2. The van der Waals surface area contributed by atoms with Crippen LogP contribution in [0.2, 0.25) is 0 Å². The van der Waals surface area contributed by atoms with E-state index in [-0.39, 0.29) is 11.7 Å². The van der Waals surface area contributed by atoms with E-state index in [9.17, 15) is 9.18 Å². The largest absolute Gasteiger partial charge is 0.309 e. The van der Waals surface area contributed by atoms with Crippen molar-refractivity contribution in [2.24, 2.45) is 0 Å². The van der Waals surface area contributed by atoms with E-state index in [0.29, 0.717) is 16.6 Å². The minimum Gasteiger partial charge on any atom is -0.309 e. The molecule has 0 atom stereocenters. The maximum Gasteiger partial charge on any atom is 0.270 e. The van der Waals surface area contributed by atoms with Gasteiger partial charge in [0.1, 0.15) is 5.82 Å². The lowest BCUT2D eigenvalue weighted by Gasteiger charge is -2.20. The predicted octanol–water partition coefficient (Wildman–Crippen LogP) is 4.61. The fraction of sp³-hybridized carbons (Fsp3) is 0.263. The third-order valence-electron chi connectivity index (χ3n) is 3.83. The number of thiazole rings is 1. The van der Waals surface area contributed by atoms with E-state index in [2.05, 4.69) is 9.88 Å². The first-order valence-electron chi connectivity index (χ1n) is 8.26. The van der Waals surface area contributed by atoms with Crippen molar-refractivity contribution in [3.63, 3.8) is 0 Å². The highest BCUT2D eigenvalue weighted by Gasteiger charge is 2.21. The standard InChI is InChI=1S/C19H20FN3OS2/c1-22(2)10-4-11-23(18(24)17-5-3-12-25-17)19-21-16(13-26-19)14-6-8-15(20)9-7-14/h3,5-9,12-13H,4,10-11H2,1-2H3. The molecule has 0 aliphatic carbocycles. The molecular formula is C19H20FN3OS2. The molecule has 0 aliphatic rings. The van der Waals surface area contributed by atoms with Crippen LogP contribution >= 0.6 is 22.7 Å². The van der Waals surface area contributed by atoms with Crippen LogP contribution in [0.4, 0.5) is 9.52 Å². The van der Waals surface area contributed by atoms with Gasteiger partial charge in [0.2, 0.25) is 0 Å². The normalized spacial score (nSPS) is 11.1. The lowest BCUT2D eigenvalue weighted by molar-refractivity contribution is 0.0990. The number of rotatable bonds is 7. The Morgan fingerprint density at radius 2 is 1.88 bits per heavy atom. The van der Waals surface area contributed by atoms with Gasteiger partial charge in [0.05, 0.1) is 10.6 Å². The Hall–Kier alpha value is -2.09. The molecule has 1 amide bonds. The molecule has 3 rings (SSSR count). The molecule has 3 aromatic rings. The van der Waals surface area contributed by atoms with Gasteiger partial charge < -0.3 is 4.90 Å². The maximum absolute atomic E-state index is 13.1. The van der Waals surface area contributed by atoms with Crippen LogP contribution < -0.4 is 4.90 Å². The second-order valence-electron chi connectivity index (χ2n) is 6.11. The summed E-state index contributed by atoms with van der Waals surface area (Å²) in [6, 6.07) is 9.94. The molecule has 26 heavy (non-hydrogen) atoms. The van der Waals surface area contributed by atoms with Gasteiger partial charge in [-0.1, -0.05) is 6.07 Å². The zero-order valence-corrected chi connectivity index (χ0v) is 16.3. The van der Waals surface area contributed by atoms with E-state index >= 15 is 0 Å². The summed E-state index contributed by atoms with van der Waals surface area (Å²) in [5, 5.41) is 4.47. The summed E-state index contributed by atoms with van der Waals surface area (Å²) in [6.07, 6.45) is 0.857. The SMILES string of the molecule is CN(C)CCCN(C(=O)c1cccs1)c1nc(-c2ccc(F)cc2)cs1. The van der Waals surface area contributed by atoms with Crippen molar-refractivity contribution < 1.29 is 9.18 Å². The highest BCUT2D eigenvalue weighted by atomic mass is 32.1. The number of anilines is 1. The number of benzene rings is 1. The molecule has 0 unspecified atom stereocenters. The minimum atomic E-state index is -0.276. The number of hydrogen-bond donors (Lipinski definition) is 0.